The highest BCUT2D eigenvalue weighted by Crippen LogP contribution is 2.25. The molecule has 5 heteroatoms. The van der Waals surface area contributed by atoms with Crippen molar-refractivity contribution in [2.45, 2.75) is 97.6 Å². The SMILES string of the molecule is CC(C)(C)N1CCc2cc(F)ccc2C1.CC(C)(C)NCc1cccc2c(F)cccc12.CSC(C)(C)C. The molecule has 3 aromatic carbocycles. The lowest BCUT2D eigenvalue weighted by molar-refractivity contribution is 0.120. The summed E-state index contributed by atoms with van der Waals surface area (Å²) in [6, 6.07) is 16.2. The minimum atomic E-state index is -0.153. The van der Waals surface area contributed by atoms with Gasteiger partial charge in [-0.2, -0.15) is 11.8 Å². The van der Waals surface area contributed by atoms with Gasteiger partial charge >= 0.3 is 0 Å². The van der Waals surface area contributed by atoms with Crippen molar-refractivity contribution in [3.63, 3.8) is 0 Å². The normalized spacial score (nSPS) is 14.2. The molecule has 1 aliphatic rings. The highest BCUT2D eigenvalue weighted by molar-refractivity contribution is 7.99. The number of rotatable bonds is 2. The molecule has 0 aliphatic carbocycles. The average molecular weight is 543 g/mol. The van der Waals surface area contributed by atoms with E-state index in [1.54, 1.807) is 18.2 Å². The fraction of sp³-hybridized carbons (Fsp3) is 0.515. The Morgan fingerprint density at radius 2 is 1.42 bits per heavy atom. The zero-order valence-electron chi connectivity index (χ0n) is 25.1. The van der Waals surface area contributed by atoms with Crippen LogP contribution in [0.3, 0.4) is 0 Å². The molecule has 0 bridgehead atoms. The predicted molar refractivity (Wildman–Crippen MR) is 164 cm³/mol. The maximum Gasteiger partial charge on any atom is 0.131 e. The van der Waals surface area contributed by atoms with E-state index in [4.69, 9.17) is 0 Å². The summed E-state index contributed by atoms with van der Waals surface area (Å²) in [7, 11) is 0. The number of nitrogens with zero attached hydrogens (tertiary/aromatic N) is 1. The lowest BCUT2D eigenvalue weighted by Gasteiger charge is -2.39. The van der Waals surface area contributed by atoms with E-state index in [0.29, 0.717) is 10.1 Å². The molecule has 3 aromatic rings. The van der Waals surface area contributed by atoms with Crippen LogP contribution < -0.4 is 5.32 Å². The second-order valence-corrected chi connectivity index (χ2v) is 14.6. The van der Waals surface area contributed by atoms with Crippen molar-refractivity contribution >= 4 is 22.5 Å². The first-order chi connectivity index (χ1) is 17.5. The number of nitrogens with one attached hydrogen (secondary N) is 1. The summed E-state index contributed by atoms with van der Waals surface area (Å²) in [5.74, 6) is -0.266. The number of benzene rings is 3. The number of fused-ring (bicyclic) bond motifs is 2. The van der Waals surface area contributed by atoms with E-state index in [9.17, 15) is 8.78 Å². The molecule has 0 saturated carbocycles. The minimum Gasteiger partial charge on any atom is -0.308 e. The van der Waals surface area contributed by atoms with Crippen LogP contribution in [-0.2, 0) is 19.5 Å². The second-order valence-electron chi connectivity index (χ2n) is 12.9. The van der Waals surface area contributed by atoms with Gasteiger partial charge in [0, 0.05) is 40.8 Å². The average Bonchev–Trinajstić information content (AvgIpc) is 2.82. The first-order valence-electron chi connectivity index (χ1n) is 13.5. The van der Waals surface area contributed by atoms with Gasteiger partial charge in [-0.15, -0.1) is 0 Å². The van der Waals surface area contributed by atoms with Gasteiger partial charge < -0.3 is 5.32 Å². The molecule has 0 fully saturated rings. The largest absolute Gasteiger partial charge is 0.308 e. The van der Waals surface area contributed by atoms with Gasteiger partial charge in [-0.05, 0) is 94.5 Å². The summed E-state index contributed by atoms with van der Waals surface area (Å²) in [5.41, 5.74) is 3.85. The molecule has 0 spiro atoms. The van der Waals surface area contributed by atoms with Crippen LogP contribution in [0.25, 0.3) is 10.8 Å². The van der Waals surface area contributed by atoms with Crippen molar-refractivity contribution < 1.29 is 8.78 Å². The monoisotopic (exact) mass is 542 g/mol. The third-order valence-corrected chi connectivity index (χ3v) is 7.73. The molecule has 2 nitrogen and oxygen atoms in total. The van der Waals surface area contributed by atoms with Crippen molar-refractivity contribution in [2.24, 2.45) is 0 Å². The van der Waals surface area contributed by atoms with Crippen LogP contribution in [0.4, 0.5) is 8.78 Å². The molecule has 0 saturated heterocycles. The smallest absolute Gasteiger partial charge is 0.131 e. The van der Waals surface area contributed by atoms with Crippen LogP contribution >= 0.6 is 11.8 Å². The van der Waals surface area contributed by atoms with Gasteiger partial charge in [0.2, 0.25) is 0 Å². The van der Waals surface area contributed by atoms with Crippen molar-refractivity contribution in [1.82, 2.24) is 10.2 Å². The van der Waals surface area contributed by atoms with Gasteiger partial charge in [0.15, 0.2) is 0 Å². The first kappa shape index (κ1) is 32.3. The van der Waals surface area contributed by atoms with E-state index in [-0.39, 0.29) is 22.7 Å². The third-order valence-electron chi connectivity index (χ3n) is 6.51. The zero-order chi connectivity index (χ0) is 28.7. The topological polar surface area (TPSA) is 15.3 Å². The summed E-state index contributed by atoms with van der Waals surface area (Å²) in [6.07, 6.45) is 3.09. The quantitative estimate of drug-likeness (QED) is 0.348. The van der Waals surface area contributed by atoms with Crippen molar-refractivity contribution in [2.75, 3.05) is 12.8 Å². The van der Waals surface area contributed by atoms with E-state index in [2.05, 4.69) is 78.8 Å². The Morgan fingerprint density at radius 1 is 0.816 bits per heavy atom. The Hall–Kier alpha value is -1.95. The van der Waals surface area contributed by atoms with Crippen LogP contribution in [0.2, 0.25) is 0 Å². The minimum absolute atomic E-state index is 0.0650. The van der Waals surface area contributed by atoms with Crippen LogP contribution in [0.5, 0.6) is 0 Å². The summed E-state index contributed by atoms with van der Waals surface area (Å²) >= 11 is 1.88. The fourth-order valence-electron chi connectivity index (χ4n) is 3.95. The van der Waals surface area contributed by atoms with Gasteiger partial charge in [0.25, 0.3) is 0 Å². The van der Waals surface area contributed by atoms with E-state index in [1.165, 1.54) is 17.2 Å². The van der Waals surface area contributed by atoms with Crippen LogP contribution in [0.15, 0.2) is 54.6 Å². The van der Waals surface area contributed by atoms with Crippen molar-refractivity contribution in [3.8, 4) is 0 Å². The zero-order valence-corrected chi connectivity index (χ0v) is 26.0. The van der Waals surface area contributed by atoms with Crippen molar-refractivity contribution in [1.29, 1.82) is 0 Å². The molecule has 1 heterocycles. The number of hydrogen-bond donors (Lipinski definition) is 1. The van der Waals surface area contributed by atoms with Crippen LogP contribution in [0, 0.1) is 11.6 Å². The molecule has 4 rings (SSSR count). The second kappa shape index (κ2) is 13.4. The first-order valence-corrected chi connectivity index (χ1v) is 14.7. The van der Waals surface area contributed by atoms with Crippen molar-refractivity contribution in [3.05, 3.63) is 82.9 Å². The molecule has 210 valence electrons. The Bertz CT molecular complexity index is 1170. The Morgan fingerprint density at radius 3 is 2.00 bits per heavy atom. The van der Waals surface area contributed by atoms with Gasteiger partial charge in [-0.25, -0.2) is 8.78 Å². The molecule has 0 amide bonds. The summed E-state index contributed by atoms with van der Waals surface area (Å²) in [4.78, 5) is 2.44. The summed E-state index contributed by atoms with van der Waals surface area (Å²) in [5, 5.41) is 5.11. The highest BCUT2D eigenvalue weighted by Gasteiger charge is 2.25. The number of hydrogen-bond acceptors (Lipinski definition) is 3. The number of halogens is 2. The standard InChI is InChI=1S/C15H18FN.C13H18FN.C5H12S/c1-15(2,3)17-10-11-6-4-8-13-12(11)7-5-9-14(13)16;1-13(2,3)15-7-6-10-8-12(14)5-4-11(10)9-15;1-5(2,3)6-4/h4-9,17H,10H2,1-3H3;4-5,8H,6-7,9H2,1-3H3;1-4H3. The molecule has 0 radical (unpaired) electrons. The third kappa shape index (κ3) is 10.7. The van der Waals surface area contributed by atoms with Gasteiger partial charge in [-0.3, -0.25) is 4.90 Å². The summed E-state index contributed by atoms with van der Waals surface area (Å²) < 4.78 is 27.1. The van der Waals surface area contributed by atoms with Crippen LogP contribution in [0.1, 0.15) is 79.0 Å². The van der Waals surface area contributed by atoms with E-state index in [1.807, 2.05) is 42.1 Å². The molecule has 0 aromatic heterocycles. The maximum absolute atomic E-state index is 13.6. The Balaban J connectivity index is 0.000000222. The molecular weight excluding hydrogens is 494 g/mol. The molecule has 1 N–H and O–H groups in total. The number of thioether (sulfide) groups is 1. The maximum atomic E-state index is 13.6. The lowest BCUT2D eigenvalue weighted by atomic mass is 9.95. The lowest BCUT2D eigenvalue weighted by Crippen LogP contribution is -2.44. The van der Waals surface area contributed by atoms with Gasteiger partial charge in [0.05, 0.1) is 0 Å². The van der Waals surface area contributed by atoms with Gasteiger partial charge in [-0.1, -0.05) is 57.2 Å². The van der Waals surface area contributed by atoms with Crippen LogP contribution in [-0.4, -0.2) is 33.5 Å². The Labute approximate surface area is 234 Å². The van der Waals surface area contributed by atoms with Gasteiger partial charge in [0.1, 0.15) is 11.6 Å². The molecule has 0 atom stereocenters. The summed E-state index contributed by atoms with van der Waals surface area (Å²) in [6.45, 7) is 22.4. The van der Waals surface area contributed by atoms with E-state index < -0.39 is 0 Å². The fourth-order valence-corrected chi connectivity index (χ4v) is 3.95. The highest BCUT2D eigenvalue weighted by atomic mass is 32.2. The predicted octanol–water partition coefficient (Wildman–Crippen LogP) is 9.00. The molecule has 0 unspecified atom stereocenters. The van der Waals surface area contributed by atoms with E-state index in [0.717, 1.165) is 37.0 Å². The van der Waals surface area contributed by atoms with E-state index >= 15 is 0 Å². The molecule has 1 aliphatic heterocycles. The Kier molecular flexibility index (Phi) is 11.4. The molecular formula is C33H48F2N2S. The molecule has 38 heavy (non-hydrogen) atoms.